The van der Waals surface area contributed by atoms with Crippen molar-refractivity contribution in [2.45, 2.75) is 6.42 Å². The standard InChI is InChI=1S/C14H14N4S/c15-11-2-3-13-10(7-11)1-4-14(18-13)16-6-5-12-8-19-9-17-12/h1-4,7-9H,5-6,15H2,(H,16,18). The van der Waals surface area contributed by atoms with E-state index in [2.05, 4.69) is 20.7 Å². The van der Waals surface area contributed by atoms with E-state index >= 15 is 0 Å². The van der Waals surface area contributed by atoms with Gasteiger partial charge in [-0.15, -0.1) is 11.3 Å². The number of anilines is 2. The van der Waals surface area contributed by atoms with Crippen molar-refractivity contribution in [2.75, 3.05) is 17.6 Å². The van der Waals surface area contributed by atoms with E-state index in [1.54, 1.807) is 11.3 Å². The zero-order chi connectivity index (χ0) is 13.1. The summed E-state index contributed by atoms with van der Waals surface area (Å²) in [5.41, 5.74) is 10.4. The van der Waals surface area contributed by atoms with Crippen molar-refractivity contribution in [3.05, 3.63) is 46.9 Å². The van der Waals surface area contributed by atoms with Crippen molar-refractivity contribution in [3.63, 3.8) is 0 Å². The molecule has 3 N–H and O–H groups in total. The number of pyridine rings is 1. The largest absolute Gasteiger partial charge is 0.399 e. The number of nitrogens with one attached hydrogen (secondary N) is 1. The van der Waals surface area contributed by atoms with Gasteiger partial charge in [0.15, 0.2) is 0 Å². The summed E-state index contributed by atoms with van der Waals surface area (Å²) in [7, 11) is 0. The van der Waals surface area contributed by atoms with Crippen molar-refractivity contribution in [2.24, 2.45) is 0 Å². The average Bonchev–Trinajstić information content (AvgIpc) is 2.92. The second kappa shape index (κ2) is 5.24. The number of aromatic nitrogens is 2. The van der Waals surface area contributed by atoms with E-state index in [0.717, 1.165) is 41.1 Å². The van der Waals surface area contributed by atoms with E-state index in [9.17, 15) is 0 Å². The number of nitrogens with zero attached hydrogens (tertiary/aromatic N) is 2. The average molecular weight is 270 g/mol. The summed E-state index contributed by atoms with van der Waals surface area (Å²) in [5, 5.41) is 6.44. The van der Waals surface area contributed by atoms with Crippen LogP contribution in [0.3, 0.4) is 0 Å². The number of hydrogen-bond acceptors (Lipinski definition) is 5. The number of nitrogen functional groups attached to an aromatic ring is 1. The number of rotatable bonds is 4. The molecule has 0 aliphatic carbocycles. The van der Waals surface area contributed by atoms with Crippen LogP contribution in [0.1, 0.15) is 5.69 Å². The molecule has 0 amide bonds. The number of thiazole rings is 1. The molecule has 0 aliphatic rings. The SMILES string of the molecule is Nc1ccc2nc(NCCc3cscn3)ccc2c1. The molecule has 0 radical (unpaired) electrons. The Kier molecular flexibility index (Phi) is 3.29. The minimum atomic E-state index is 0.763. The predicted octanol–water partition coefficient (Wildman–Crippen LogP) is 2.93. The molecule has 0 spiro atoms. The van der Waals surface area contributed by atoms with Gasteiger partial charge >= 0.3 is 0 Å². The van der Waals surface area contributed by atoms with Crippen LogP contribution in [0.4, 0.5) is 11.5 Å². The highest BCUT2D eigenvalue weighted by atomic mass is 32.1. The molecule has 0 fully saturated rings. The van der Waals surface area contributed by atoms with Gasteiger partial charge < -0.3 is 11.1 Å². The summed E-state index contributed by atoms with van der Waals surface area (Å²) in [6.07, 6.45) is 0.908. The number of nitrogens with two attached hydrogens (primary N) is 1. The monoisotopic (exact) mass is 270 g/mol. The minimum absolute atomic E-state index is 0.763. The third-order valence-corrected chi connectivity index (χ3v) is 3.52. The van der Waals surface area contributed by atoms with Gasteiger partial charge in [0.1, 0.15) is 5.82 Å². The highest BCUT2D eigenvalue weighted by Crippen LogP contribution is 2.17. The molecule has 5 heteroatoms. The van der Waals surface area contributed by atoms with Crippen LogP contribution >= 0.6 is 11.3 Å². The van der Waals surface area contributed by atoms with Crippen LogP contribution in [0.25, 0.3) is 10.9 Å². The first kappa shape index (κ1) is 11.9. The third-order valence-electron chi connectivity index (χ3n) is 2.88. The van der Waals surface area contributed by atoms with Crippen LogP contribution in [0.5, 0.6) is 0 Å². The quantitative estimate of drug-likeness (QED) is 0.715. The molecule has 0 aliphatic heterocycles. The van der Waals surface area contributed by atoms with E-state index in [1.807, 2.05) is 35.8 Å². The molecule has 3 aromatic rings. The summed E-state index contributed by atoms with van der Waals surface area (Å²) in [6.45, 7) is 0.831. The van der Waals surface area contributed by atoms with Gasteiger partial charge in [0.2, 0.25) is 0 Å². The lowest BCUT2D eigenvalue weighted by Gasteiger charge is -2.06. The molecule has 2 aromatic heterocycles. The molecule has 3 rings (SSSR count). The fraction of sp³-hybridized carbons (Fsp3) is 0.143. The second-order valence-corrected chi connectivity index (χ2v) is 5.02. The van der Waals surface area contributed by atoms with Crippen LogP contribution in [0, 0.1) is 0 Å². The Hall–Kier alpha value is -2.14. The molecule has 19 heavy (non-hydrogen) atoms. The van der Waals surface area contributed by atoms with E-state index in [-0.39, 0.29) is 0 Å². The summed E-state index contributed by atoms with van der Waals surface area (Å²) in [4.78, 5) is 8.80. The Bertz CT molecular complexity index is 679. The molecule has 0 atom stereocenters. The van der Waals surface area contributed by atoms with Gasteiger partial charge in [-0.1, -0.05) is 0 Å². The van der Waals surface area contributed by atoms with Gasteiger partial charge in [-0.3, -0.25) is 0 Å². The van der Waals surface area contributed by atoms with Gasteiger partial charge in [0.05, 0.1) is 16.7 Å². The van der Waals surface area contributed by atoms with Gasteiger partial charge in [-0.2, -0.15) is 0 Å². The Morgan fingerprint density at radius 2 is 2.16 bits per heavy atom. The maximum Gasteiger partial charge on any atom is 0.126 e. The molecule has 4 nitrogen and oxygen atoms in total. The summed E-state index contributed by atoms with van der Waals surface area (Å²) in [6, 6.07) is 9.75. The Labute approximate surface area is 115 Å². The Morgan fingerprint density at radius 3 is 3.00 bits per heavy atom. The fourth-order valence-corrected chi connectivity index (χ4v) is 2.52. The number of hydrogen-bond donors (Lipinski definition) is 2. The van der Waals surface area contributed by atoms with Crippen LogP contribution in [0.15, 0.2) is 41.2 Å². The van der Waals surface area contributed by atoms with Crippen molar-refractivity contribution in [1.29, 1.82) is 0 Å². The summed E-state index contributed by atoms with van der Waals surface area (Å²) in [5.74, 6) is 0.882. The second-order valence-electron chi connectivity index (χ2n) is 4.31. The first-order chi connectivity index (χ1) is 9.31. The molecule has 96 valence electrons. The van der Waals surface area contributed by atoms with Crippen LogP contribution in [-0.4, -0.2) is 16.5 Å². The van der Waals surface area contributed by atoms with E-state index < -0.39 is 0 Å². The van der Waals surface area contributed by atoms with Crippen LogP contribution < -0.4 is 11.1 Å². The predicted molar refractivity (Wildman–Crippen MR) is 80.5 cm³/mol. The van der Waals surface area contributed by atoms with Crippen LogP contribution in [-0.2, 0) is 6.42 Å². The van der Waals surface area contributed by atoms with E-state index in [1.165, 1.54) is 0 Å². The lowest BCUT2D eigenvalue weighted by Crippen LogP contribution is -2.06. The number of fused-ring (bicyclic) bond motifs is 1. The van der Waals surface area contributed by atoms with Crippen molar-refractivity contribution >= 4 is 33.7 Å². The van der Waals surface area contributed by atoms with Gasteiger partial charge in [-0.25, -0.2) is 9.97 Å². The van der Waals surface area contributed by atoms with Crippen molar-refractivity contribution in [1.82, 2.24) is 9.97 Å². The van der Waals surface area contributed by atoms with E-state index in [0.29, 0.717) is 0 Å². The Morgan fingerprint density at radius 1 is 1.21 bits per heavy atom. The maximum atomic E-state index is 5.75. The first-order valence-electron chi connectivity index (χ1n) is 6.08. The lowest BCUT2D eigenvalue weighted by molar-refractivity contribution is 0.970. The molecule has 0 unspecified atom stereocenters. The normalized spacial score (nSPS) is 10.7. The van der Waals surface area contributed by atoms with Gasteiger partial charge in [-0.05, 0) is 30.3 Å². The van der Waals surface area contributed by atoms with Crippen molar-refractivity contribution in [3.8, 4) is 0 Å². The fourth-order valence-electron chi connectivity index (χ4n) is 1.92. The third kappa shape index (κ3) is 2.82. The Balaban J connectivity index is 1.69. The van der Waals surface area contributed by atoms with Gasteiger partial charge in [0.25, 0.3) is 0 Å². The molecule has 2 heterocycles. The zero-order valence-corrected chi connectivity index (χ0v) is 11.2. The zero-order valence-electron chi connectivity index (χ0n) is 10.3. The molecule has 0 saturated heterocycles. The summed E-state index contributed by atoms with van der Waals surface area (Å²) >= 11 is 1.62. The minimum Gasteiger partial charge on any atom is -0.399 e. The topological polar surface area (TPSA) is 63.8 Å². The molecule has 1 aromatic carbocycles. The molecular formula is C14H14N4S. The van der Waals surface area contributed by atoms with E-state index in [4.69, 9.17) is 5.73 Å². The first-order valence-corrected chi connectivity index (χ1v) is 7.03. The molecule has 0 bridgehead atoms. The number of benzene rings is 1. The highest BCUT2D eigenvalue weighted by Gasteiger charge is 1.99. The molecule has 0 saturated carbocycles. The van der Waals surface area contributed by atoms with Crippen molar-refractivity contribution < 1.29 is 0 Å². The van der Waals surface area contributed by atoms with Crippen LogP contribution in [0.2, 0.25) is 0 Å². The molecular weight excluding hydrogens is 256 g/mol. The van der Waals surface area contributed by atoms with Gasteiger partial charge in [0, 0.05) is 29.4 Å². The smallest absolute Gasteiger partial charge is 0.126 e. The highest BCUT2D eigenvalue weighted by molar-refractivity contribution is 7.07. The summed E-state index contributed by atoms with van der Waals surface area (Å²) < 4.78 is 0. The lowest BCUT2D eigenvalue weighted by atomic mass is 10.2. The maximum absolute atomic E-state index is 5.75.